The first kappa shape index (κ1) is 16.8. The Hall–Kier alpha value is -1.23. The SMILES string of the molecule is O=C(O)CC(=O)N1CCN(C[C@H](O)CS(=O)(=O)O)CC1. The molecule has 0 spiro atoms. The Morgan fingerprint density at radius 1 is 1.15 bits per heavy atom. The van der Waals surface area contributed by atoms with Crippen molar-refractivity contribution >= 4 is 22.0 Å². The number of aliphatic hydroxyl groups excluding tert-OH is 1. The minimum atomic E-state index is -4.22. The van der Waals surface area contributed by atoms with Gasteiger partial charge in [0.15, 0.2) is 0 Å². The molecule has 20 heavy (non-hydrogen) atoms. The third-order valence-electron chi connectivity index (χ3n) is 2.90. The number of piperazine rings is 1. The van der Waals surface area contributed by atoms with Gasteiger partial charge in [0, 0.05) is 32.7 Å². The molecule has 1 amide bonds. The summed E-state index contributed by atoms with van der Waals surface area (Å²) in [5.41, 5.74) is 0. The first-order valence-corrected chi connectivity index (χ1v) is 7.63. The molecule has 1 aliphatic rings. The van der Waals surface area contributed by atoms with E-state index in [9.17, 15) is 23.1 Å². The molecular formula is C10H18N2O7S. The van der Waals surface area contributed by atoms with Crippen LogP contribution in [0, 0.1) is 0 Å². The first-order valence-electron chi connectivity index (χ1n) is 6.02. The van der Waals surface area contributed by atoms with Gasteiger partial charge in [-0.05, 0) is 0 Å². The number of amides is 1. The van der Waals surface area contributed by atoms with E-state index in [-0.39, 0.29) is 6.54 Å². The van der Waals surface area contributed by atoms with E-state index in [2.05, 4.69) is 0 Å². The van der Waals surface area contributed by atoms with Crippen LogP contribution in [-0.4, -0.2) is 89.4 Å². The number of carboxylic acid groups (broad SMARTS) is 1. The molecule has 0 radical (unpaired) electrons. The molecule has 1 aliphatic heterocycles. The number of aliphatic carboxylic acids is 1. The van der Waals surface area contributed by atoms with Gasteiger partial charge in [0.1, 0.15) is 12.2 Å². The monoisotopic (exact) mass is 310 g/mol. The number of aliphatic hydroxyl groups is 1. The fourth-order valence-corrected chi connectivity index (χ4v) is 2.61. The topological polar surface area (TPSA) is 135 Å². The van der Waals surface area contributed by atoms with Crippen molar-refractivity contribution in [1.29, 1.82) is 0 Å². The van der Waals surface area contributed by atoms with Gasteiger partial charge in [0.2, 0.25) is 5.91 Å². The van der Waals surface area contributed by atoms with Gasteiger partial charge in [-0.1, -0.05) is 0 Å². The van der Waals surface area contributed by atoms with Crippen LogP contribution in [0.4, 0.5) is 0 Å². The van der Waals surface area contributed by atoms with E-state index in [0.717, 1.165) is 0 Å². The average Bonchev–Trinajstić information content (AvgIpc) is 2.26. The van der Waals surface area contributed by atoms with Crippen LogP contribution in [0.5, 0.6) is 0 Å². The maximum Gasteiger partial charge on any atom is 0.312 e. The highest BCUT2D eigenvalue weighted by Crippen LogP contribution is 2.05. The van der Waals surface area contributed by atoms with Crippen molar-refractivity contribution in [2.45, 2.75) is 12.5 Å². The summed E-state index contributed by atoms with van der Waals surface area (Å²) >= 11 is 0. The van der Waals surface area contributed by atoms with Crippen molar-refractivity contribution in [2.75, 3.05) is 38.5 Å². The minimum absolute atomic E-state index is 0.0702. The lowest BCUT2D eigenvalue weighted by molar-refractivity contribution is -0.145. The molecule has 3 N–H and O–H groups in total. The van der Waals surface area contributed by atoms with Crippen molar-refractivity contribution in [3.63, 3.8) is 0 Å². The second-order valence-electron chi connectivity index (χ2n) is 4.65. The molecule has 0 saturated carbocycles. The highest BCUT2D eigenvalue weighted by Gasteiger charge is 2.24. The van der Waals surface area contributed by atoms with Crippen LogP contribution in [-0.2, 0) is 19.7 Å². The summed E-state index contributed by atoms with van der Waals surface area (Å²) in [5, 5.41) is 18.0. The summed E-state index contributed by atoms with van der Waals surface area (Å²) in [4.78, 5) is 25.1. The van der Waals surface area contributed by atoms with Gasteiger partial charge >= 0.3 is 5.97 Å². The Labute approximate surface area is 116 Å². The molecule has 1 saturated heterocycles. The lowest BCUT2D eigenvalue weighted by Gasteiger charge is -2.35. The quantitative estimate of drug-likeness (QED) is 0.373. The Morgan fingerprint density at radius 3 is 2.15 bits per heavy atom. The van der Waals surface area contributed by atoms with Crippen LogP contribution in [0.15, 0.2) is 0 Å². The number of carbonyl (C=O) groups excluding carboxylic acids is 1. The summed E-state index contributed by atoms with van der Waals surface area (Å²) in [7, 11) is -4.22. The standard InChI is InChI=1S/C10H18N2O7S/c13-8(7-20(17,18)19)6-11-1-3-12(4-2-11)9(14)5-10(15)16/h8,13H,1-7H2,(H,15,16)(H,17,18,19)/t8-/m0/s1. The fraction of sp³-hybridized carbons (Fsp3) is 0.800. The number of carbonyl (C=O) groups is 2. The zero-order valence-electron chi connectivity index (χ0n) is 10.8. The first-order chi connectivity index (χ1) is 9.17. The molecular weight excluding hydrogens is 292 g/mol. The van der Waals surface area contributed by atoms with Crippen LogP contribution in [0.3, 0.4) is 0 Å². The highest BCUT2D eigenvalue weighted by molar-refractivity contribution is 7.85. The number of carboxylic acids is 1. The molecule has 9 nitrogen and oxygen atoms in total. The van der Waals surface area contributed by atoms with E-state index < -0.39 is 40.3 Å². The Balaban J connectivity index is 2.35. The van der Waals surface area contributed by atoms with Crippen molar-refractivity contribution in [3.8, 4) is 0 Å². The molecule has 0 aliphatic carbocycles. The largest absolute Gasteiger partial charge is 0.481 e. The van der Waals surface area contributed by atoms with E-state index in [1.807, 2.05) is 0 Å². The summed E-state index contributed by atoms with van der Waals surface area (Å²) < 4.78 is 29.8. The van der Waals surface area contributed by atoms with E-state index in [0.29, 0.717) is 26.2 Å². The normalized spacial score (nSPS) is 18.8. The van der Waals surface area contributed by atoms with Crippen LogP contribution in [0.1, 0.15) is 6.42 Å². The van der Waals surface area contributed by atoms with Crippen LogP contribution < -0.4 is 0 Å². The lowest BCUT2D eigenvalue weighted by atomic mass is 10.2. The van der Waals surface area contributed by atoms with Crippen molar-refractivity contribution < 1.29 is 32.8 Å². The summed E-state index contributed by atoms with van der Waals surface area (Å²) in [6.45, 7) is 1.54. The summed E-state index contributed by atoms with van der Waals surface area (Å²) in [5.74, 6) is -2.37. The summed E-state index contributed by atoms with van der Waals surface area (Å²) in [6, 6.07) is 0. The second kappa shape index (κ2) is 6.97. The molecule has 1 rings (SSSR count). The van der Waals surface area contributed by atoms with Crippen LogP contribution in [0.2, 0.25) is 0 Å². The molecule has 1 heterocycles. The van der Waals surface area contributed by atoms with Gasteiger partial charge in [0.05, 0.1) is 6.10 Å². The molecule has 116 valence electrons. The molecule has 0 unspecified atom stereocenters. The van der Waals surface area contributed by atoms with Crippen molar-refractivity contribution in [3.05, 3.63) is 0 Å². The van der Waals surface area contributed by atoms with E-state index in [4.69, 9.17) is 9.66 Å². The fourth-order valence-electron chi connectivity index (χ4n) is 2.01. The molecule has 10 heteroatoms. The van der Waals surface area contributed by atoms with E-state index in [1.165, 1.54) is 4.90 Å². The number of hydrogen-bond acceptors (Lipinski definition) is 6. The van der Waals surface area contributed by atoms with E-state index in [1.54, 1.807) is 4.90 Å². The second-order valence-corrected chi connectivity index (χ2v) is 6.15. The van der Waals surface area contributed by atoms with Crippen molar-refractivity contribution in [2.24, 2.45) is 0 Å². The molecule has 0 aromatic heterocycles. The minimum Gasteiger partial charge on any atom is -0.481 e. The van der Waals surface area contributed by atoms with Gasteiger partial charge in [-0.3, -0.25) is 19.0 Å². The van der Waals surface area contributed by atoms with Gasteiger partial charge in [-0.2, -0.15) is 8.42 Å². The molecule has 1 atom stereocenters. The Morgan fingerprint density at radius 2 is 1.70 bits per heavy atom. The van der Waals surface area contributed by atoms with Crippen LogP contribution in [0.25, 0.3) is 0 Å². The molecule has 0 aromatic rings. The van der Waals surface area contributed by atoms with Gasteiger partial charge in [-0.15, -0.1) is 0 Å². The molecule has 1 fully saturated rings. The van der Waals surface area contributed by atoms with E-state index >= 15 is 0 Å². The molecule has 0 aromatic carbocycles. The predicted octanol–water partition coefficient (Wildman–Crippen LogP) is -2.15. The maximum absolute atomic E-state index is 11.5. The smallest absolute Gasteiger partial charge is 0.312 e. The number of β-amino-alcohol motifs (C(OH)–C–C–N with tert-alkyl or cyclic N) is 1. The van der Waals surface area contributed by atoms with Gasteiger partial charge in [0.25, 0.3) is 10.1 Å². The van der Waals surface area contributed by atoms with Crippen molar-refractivity contribution in [1.82, 2.24) is 9.80 Å². The Kier molecular flexibility index (Phi) is 5.87. The van der Waals surface area contributed by atoms with Gasteiger partial charge < -0.3 is 15.1 Å². The zero-order valence-corrected chi connectivity index (χ0v) is 11.6. The maximum atomic E-state index is 11.5. The third-order valence-corrected chi connectivity index (χ3v) is 3.71. The Bertz CT molecular complexity index is 456. The number of nitrogens with zero attached hydrogens (tertiary/aromatic N) is 2. The van der Waals surface area contributed by atoms with Gasteiger partial charge in [-0.25, -0.2) is 0 Å². The summed E-state index contributed by atoms with van der Waals surface area (Å²) in [6.07, 6.45) is -1.75. The average molecular weight is 310 g/mol. The lowest BCUT2D eigenvalue weighted by Crippen LogP contribution is -2.51. The predicted molar refractivity (Wildman–Crippen MR) is 67.7 cm³/mol. The number of hydrogen-bond donors (Lipinski definition) is 3. The molecule has 0 bridgehead atoms. The van der Waals surface area contributed by atoms with Crippen LogP contribution >= 0.6 is 0 Å². The third kappa shape index (κ3) is 6.28. The zero-order chi connectivity index (χ0) is 15.3. The highest BCUT2D eigenvalue weighted by atomic mass is 32.2. The number of rotatable bonds is 6.